The van der Waals surface area contributed by atoms with Crippen molar-refractivity contribution in [3.05, 3.63) is 42.2 Å². The van der Waals surface area contributed by atoms with Gasteiger partial charge in [0.25, 0.3) is 0 Å². The van der Waals surface area contributed by atoms with Gasteiger partial charge in [-0.25, -0.2) is 9.19 Å². The second kappa shape index (κ2) is 4.73. The van der Waals surface area contributed by atoms with Gasteiger partial charge in [0.1, 0.15) is 5.82 Å². The van der Waals surface area contributed by atoms with Crippen molar-refractivity contribution >= 4 is 15.5 Å². The number of nitrogens with one attached hydrogen (secondary N) is 1. The zero-order valence-electron chi connectivity index (χ0n) is 9.96. The molecule has 0 aliphatic heterocycles. The molecular formula is C12H14N4OS. The van der Waals surface area contributed by atoms with E-state index in [1.807, 2.05) is 6.07 Å². The quantitative estimate of drug-likeness (QED) is 0.883. The molecule has 0 bridgehead atoms. The zero-order chi connectivity index (χ0) is 13.2. The molecule has 3 N–H and O–H groups in total. The van der Waals surface area contributed by atoms with Crippen molar-refractivity contribution in [3.8, 4) is 11.3 Å². The second-order valence-corrected chi connectivity index (χ2v) is 6.43. The molecule has 0 amide bonds. The molecule has 0 aliphatic carbocycles. The summed E-state index contributed by atoms with van der Waals surface area (Å²) in [6.45, 7) is 0. The van der Waals surface area contributed by atoms with Gasteiger partial charge in [-0.3, -0.25) is 9.76 Å². The van der Waals surface area contributed by atoms with Crippen LogP contribution in [0.5, 0.6) is 0 Å². The minimum atomic E-state index is -2.60. The van der Waals surface area contributed by atoms with E-state index in [-0.39, 0.29) is 5.75 Å². The Morgan fingerprint density at radius 1 is 1.33 bits per heavy atom. The third-order valence-corrected chi connectivity index (χ3v) is 3.24. The smallest absolute Gasteiger partial charge is 0.123 e. The lowest BCUT2D eigenvalue weighted by Crippen LogP contribution is -2.02. The highest BCUT2D eigenvalue weighted by molar-refractivity contribution is 7.90. The average molecular weight is 262 g/mol. The zero-order valence-corrected chi connectivity index (χ0v) is 10.8. The third-order valence-electron chi connectivity index (χ3n) is 2.38. The van der Waals surface area contributed by atoms with Crippen LogP contribution in [0.4, 0.5) is 5.82 Å². The van der Waals surface area contributed by atoms with E-state index < -0.39 is 9.73 Å². The first-order valence-corrected chi connectivity index (χ1v) is 7.46. The van der Waals surface area contributed by atoms with Gasteiger partial charge in [-0.15, -0.1) is 0 Å². The number of rotatable bonds is 3. The summed E-state index contributed by atoms with van der Waals surface area (Å²) < 4.78 is 19.1. The Bertz CT molecular complexity index is 667. The van der Waals surface area contributed by atoms with Crippen LogP contribution in [0.25, 0.3) is 11.3 Å². The maximum Gasteiger partial charge on any atom is 0.123 e. The van der Waals surface area contributed by atoms with Gasteiger partial charge in [0, 0.05) is 33.9 Å². The van der Waals surface area contributed by atoms with Crippen LogP contribution in [-0.2, 0) is 15.5 Å². The van der Waals surface area contributed by atoms with Crippen LogP contribution < -0.4 is 5.73 Å². The van der Waals surface area contributed by atoms with E-state index in [0.29, 0.717) is 11.5 Å². The molecule has 6 heteroatoms. The predicted octanol–water partition coefficient (Wildman–Crippen LogP) is 1.90. The van der Waals surface area contributed by atoms with Gasteiger partial charge in [0.2, 0.25) is 0 Å². The van der Waals surface area contributed by atoms with Crippen LogP contribution in [0.2, 0.25) is 0 Å². The molecule has 5 nitrogen and oxygen atoms in total. The Hall–Kier alpha value is -1.95. The van der Waals surface area contributed by atoms with Crippen LogP contribution in [0.1, 0.15) is 5.56 Å². The largest absolute Gasteiger partial charge is 0.384 e. The molecule has 0 aromatic carbocycles. The minimum absolute atomic E-state index is 0.179. The first-order valence-electron chi connectivity index (χ1n) is 5.33. The fourth-order valence-electron chi connectivity index (χ4n) is 1.71. The van der Waals surface area contributed by atoms with Crippen LogP contribution >= 0.6 is 0 Å². The summed E-state index contributed by atoms with van der Waals surface area (Å²) in [5.41, 5.74) is 7.95. The standard InChI is InChI=1S/C12H14N4OS/c1-18(14,17)8-10-3-2-5-16-12(10)9-4-6-15-11(13)7-9/h2-7,14H,8H2,1H3,(H2,13,15). The van der Waals surface area contributed by atoms with Crippen molar-refractivity contribution in [2.45, 2.75) is 5.75 Å². The summed E-state index contributed by atoms with van der Waals surface area (Å²) in [5.74, 6) is 0.588. The van der Waals surface area contributed by atoms with E-state index in [4.69, 9.17) is 10.5 Å². The highest BCUT2D eigenvalue weighted by Gasteiger charge is 2.10. The van der Waals surface area contributed by atoms with Gasteiger partial charge in [-0.2, -0.15) is 0 Å². The van der Waals surface area contributed by atoms with Crippen molar-refractivity contribution < 1.29 is 4.21 Å². The monoisotopic (exact) mass is 262 g/mol. The number of aromatic nitrogens is 2. The maximum atomic E-state index is 11.6. The van der Waals surface area contributed by atoms with Gasteiger partial charge >= 0.3 is 0 Å². The molecule has 2 aromatic heterocycles. The van der Waals surface area contributed by atoms with Crippen LogP contribution in [0.15, 0.2) is 36.7 Å². The van der Waals surface area contributed by atoms with Crippen LogP contribution in [-0.4, -0.2) is 20.4 Å². The molecule has 94 valence electrons. The Morgan fingerprint density at radius 2 is 2.11 bits per heavy atom. The fourth-order valence-corrected chi connectivity index (χ4v) is 2.53. The minimum Gasteiger partial charge on any atom is -0.384 e. The molecule has 0 fully saturated rings. The number of nitrogen functional groups attached to an aromatic ring is 1. The SMILES string of the molecule is CS(=N)(=O)Cc1cccnc1-c1ccnc(N)c1. The Kier molecular flexibility index (Phi) is 3.29. The summed E-state index contributed by atoms with van der Waals surface area (Å²) in [5, 5.41) is 0. The lowest BCUT2D eigenvalue weighted by atomic mass is 10.1. The Labute approximate surface area is 106 Å². The summed E-state index contributed by atoms with van der Waals surface area (Å²) in [4.78, 5) is 8.21. The predicted molar refractivity (Wildman–Crippen MR) is 72.4 cm³/mol. The lowest BCUT2D eigenvalue weighted by molar-refractivity contribution is 0.678. The first-order chi connectivity index (χ1) is 8.46. The number of anilines is 1. The van der Waals surface area contributed by atoms with Crippen molar-refractivity contribution in [2.24, 2.45) is 0 Å². The number of nitrogens with two attached hydrogens (primary N) is 1. The van der Waals surface area contributed by atoms with E-state index in [9.17, 15) is 4.21 Å². The summed E-state index contributed by atoms with van der Waals surface area (Å²) >= 11 is 0. The number of hydrogen-bond acceptors (Lipinski definition) is 5. The van der Waals surface area contributed by atoms with Crippen molar-refractivity contribution in [3.63, 3.8) is 0 Å². The van der Waals surface area contributed by atoms with E-state index in [1.165, 1.54) is 6.26 Å². The maximum absolute atomic E-state index is 11.6. The van der Waals surface area contributed by atoms with E-state index in [1.54, 1.807) is 30.6 Å². The molecule has 18 heavy (non-hydrogen) atoms. The van der Waals surface area contributed by atoms with Crippen molar-refractivity contribution in [2.75, 3.05) is 12.0 Å². The molecule has 2 aromatic rings. The molecule has 0 aliphatic rings. The van der Waals surface area contributed by atoms with Crippen molar-refractivity contribution in [1.29, 1.82) is 4.78 Å². The third kappa shape index (κ3) is 3.04. The average Bonchev–Trinajstić information content (AvgIpc) is 2.27. The second-order valence-electron chi connectivity index (χ2n) is 4.13. The molecule has 1 unspecified atom stereocenters. The topological polar surface area (TPSA) is 92.7 Å². The van der Waals surface area contributed by atoms with Crippen LogP contribution in [0, 0.1) is 4.78 Å². The molecule has 0 saturated carbocycles. The summed E-state index contributed by atoms with van der Waals surface area (Å²) in [6.07, 6.45) is 4.69. The molecule has 0 spiro atoms. The molecule has 0 saturated heterocycles. The van der Waals surface area contributed by atoms with E-state index in [0.717, 1.165) is 11.1 Å². The molecule has 0 radical (unpaired) electrons. The van der Waals surface area contributed by atoms with Gasteiger partial charge < -0.3 is 5.73 Å². The molecule has 1 atom stereocenters. The molecule has 2 heterocycles. The van der Waals surface area contributed by atoms with Crippen molar-refractivity contribution in [1.82, 2.24) is 9.97 Å². The lowest BCUT2D eigenvalue weighted by Gasteiger charge is -2.08. The number of nitrogens with zero attached hydrogens (tertiary/aromatic N) is 2. The van der Waals surface area contributed by atoms with E-state index >= 15 is 0 Å². The van der Waals surface area contributed by atoms with Gasteiger partial charge in [0.15, 0.2) is 0 Å². The summed E-state index contributed by atoms with van der Waals surface area (Å²) in [6, 6.07) is 7.11. The van der Waals surface area contributed by atoms with Gasteiger partial charge in [-0.05, 0) is 23.8 Å². The highest BCUT2D eigenvalue weighted by atomic mass is 32.2. The van der Waals surface area contributed by atoms with E-state index in [2.05, 4.69) is 9.97 Å². The molecular weight excluding hydrogens is 248 g/mol. The number of pyridine rings is 2. The normalized spacial score (nSPS) is 14.1. The first kappa shape index (κ1) is 12.5. The Balaban J connectivity index is 2.51. The van der Waals surface area contributed by atoms with Crippen LogP contribution in [0.3, 0.4) is 0 Å². The fraction of sp³-hybridized carbons (Fsp3) is 0.167. The van der Waals surface area contributed by atoms with Gasteiger partial charge in [-0.1, -0.05) is 6.07 Å². The Morgan fingerprint density at radius 3 is 2.78 bits per heavy atom. The van der Waals surface area contributed by atoms with Gasteiger partial charge in [0.05, 0.1) is 11.4 Å². The highest BCUT2D eigenvalue weighted by Crippen LogP contribution is 2.23. The summed E-state index contributed by atoms with van der Waals surface area (Å²) in [7, 11) is -2.60. The molecule has 2 rings (SSSR count). The number of hydrogen-bond donors (Lipinski definition) is 2.